The fourth-order valence-electron chi connectivity index (χ4n) is 1.60. The van der Waals surface area contributed by atoms with Gasteiger partial charge in [0, 0.05) is 17.5 Å². The largest absolute Gasteiger partial charge is 0.494 e. The maximum atomic E-state index is 12.0. The molecule has 0 heterocycles. The van der Waals surface area contributed by atoms with Gasteiger partial charge in [-0.25, -0.2) is 16.8 Å². The van der Waals surface area contributed by atoms with E-state index in [1.165, 1.54) is 6.07 Å². The molecule has 0 aliphatic carbocycles. The zero-order valence-corrected chi connectivity index (χ0v) is 13.1. The van der Waals surface area contributed by atoms with E-state index in [-0.39, 0.29) is 11.5 Å². The van der Waals surface area contributed by atoms with Crippen LogP contribution in [0.15, 0.2) is 18.2 Å². The van der Waals surface area contributed by atoms with Gasteiger partial charge in [0.05, 0.1) is 23.9 Å². The van der Waals surface area contributed by atoms with Gasteiger partial charge in [0.25, 0.3) is 0 Å². The predicted molar refractivity (Wildman–Crippen MR) is 79.2 cm³/mol. The molecule has 20 heavy (non-hydrogen) atoms. The molecule has 0 atom stereocenters. The molecule has 1 rings (SSSR count). The quantitative estimate of drug-likeness (QED) is 0.739. The van der Waals surface area contributed by atoms with Crippen LogP contribution in [0.2, 0.25) is 0 Å². The Morgan fingerprint density at radius 2 is 1.80 bits per heavy atom. The molecule has 0 aliphatic heterocycles. The van der Waals surface area contributed by atoms with Gasteiger partial charge in [-0.3, -0.25) is 0 Å². The van der Waals surface area contributed by atoms with Gasteiger partial charge in [-0.2, -0.15) is 0 Å². The Morgan fingerprint density at radius 1 is 1.15 bits per heavy atom. The molecule has 8 heteroatoms. The Morgan fingerprint density at radius 3 is 2.35 bits per heavy atom. The Labute approximate surface area is 119 Å². The molecule has 1 aromatic carbocycles. The highest BCUT2D eigenvalue weighted by atomic mass is 32.2. The first kappa shape index (κ1) is 16.8. The monoisotopic (exact) mass is 321 g/mol. The Kier molecular flexibility index (Phi) is 5.41. The second kappa shape index (κ2) is 6.45. The lowest BCUT2D eigenvalue weighted by molar-refractivity contribution is 0.337. The van der Waals surface area contributed by atoms with E-state index in [0.29, 0.717) is 23.6 Å². The van der Waals surface area contributed by atoms with E-state index in [1.807, 2.05) is 0 Å². The molecule has 0 saturated carbocycles. The maximum Gasteiger partial charge on any atom is 0.155 e. The maximum absolute atomic E-state index is 12.0. The number of nitrogens with two attached hydrogens (primary N) is 1. The van der Waals surface area contributed by atoms with E-state index in [0.717, 1.165) is 6.26 Å². The van der Waals surface area contributed by atoms with Crippen molar-refractivity contribution in [3.05, 3.63) is 23.8 Å². The zero-order valence-electron chi connectivity index (χ0n) is 11.5. The highest BCUT2D eigenvalue weighted by Crippen LogP contribution is 2.24. The van der Waals surface area contributed by atoms with Crippen LogP contribution in [-0.2, 0) is 25.4 Å². The minimum Gasteiger partial charge on any atom is -0.494 e. The fraction of sp³-hybridized carbons (Fsp3) is 0.500. The van der Waals surface area contributed by atoms with E-state index < -0.39 is 25.4 Å². The van der Waals surface area contributed by atoms with Crippen LogP contribution in [0.4, 0.5) is 5.69 Å². The summed E-state index contributed by atoms with van der Waals surface area (Å²) in [4.78, 5) is 0. The summed E-state index contributed by atoms with van der Waals surface area (Å²) in [5, 5.41) is 0. The third kappa shape index (κ3) is 5.79. The van der Waals surface area contributed by atoms with Crippen LogP contribution >= 0.6 is 0 Å². The summed E-state index contributed by atoms with van der Waals surface area (Å²) in [6.45, 7) is 2.19. The molecule has 1 aromatic rings. The number of anilines is 1. The van der Waals surface area contributed by atoms with Crippen LogP contribution in [0.3, 0.4) is 0 Å². The van der Waals surface area contributed by atoms with Crippen LogP contribution in [-0.4, -0.2) is 41.2 Å². The number of ether oxygens (including phenoxy) is 1. The second-order valence-corrected chi connectivity index (χ2v) is 8.97. The minimum atomic E-state index is -3.54. The molecule has 0 spiro atoms. The standard InChI is InChI=1S/C12H19NO5S2/c1-3-18-12-5-4-11(13)8-10(12)9-20(16,17)7-6-19(2,14)15/h4-5,8H,3,6-7,9,13H2,1-2H3. The SMILES string of the molecule is CCOc1ccc(N)cc1CS(=O)(=O)CCS(C)(=O)=O. The number of hydrogen-bond donors (Lipinski definition) is 1. The van der Waals surface area contributed by atoms with Gasteiger partial charge in [-0.15, -0.1) is 0 Å². The van der Waals surface area contributed by atoms with E-state index in [1.54, 1.807) is 19.1 Å². The summed E-state index contributed by atoms with van der Waals surface area (Å²) < 4.78 is 51.3. The van der Waals surface area contributed by atoms with Crippen molar-refractivity contribution >= 4 is 25.4 Å². The summed E-state index contributed by atoms with van der Waals surface area (Å²) in [6, 6.07) is 4.76. The molecule has 6 nitrogen and oxygen atoms in total. The molecule has 0 unspecified atom stereocenters. The lowest BCUT2D eigenvalue weighted by atomic mass is 10.2. The van der Waals surface area contributed by atoms with Crippen molar-refractivity contribution < 1.29 is 21.6 Å². The van der Waals surface area contributed by atoms with Crippen molar-refractivity contribution in [1.29, 1.82) is 0 Å². The number of benzene rings is 1. The molecule has 0 radical (unpaired) electrons. The topological polar surface area (TPSA) is 104 Å². The second-order valence-electron chi connectivity index (χ2n) is 4.52. The number of nitrogen functional groups attached to an aromatic ring is 1. The van der Waals surface area contributed by atoms with Gasteiger partial charge in [-0.05, 0) is 25.1 Å². The summed E-state index contributed by atoms with van der Waals surface area (Å²) in [5.74, 6) is -0.638. The first-order valence-electron chi connectivity index (χ1n) is 6.02. The van der Waals surface area contributed by atoms with Crippen molar-refractivity contribution in [2.24, 2.45) is 0 Å². The van der Waals surface area contributed by atoms with E-state index in [9.17, 15) is 16.8 Å². The minimum absolute atomic E-state index is 0.289. The van der Waals surface area contributed by atoms with Crippen molar-refractivity contribution in [3.63, 3.8) is 0 Å². The van der Waals surface area contributed by atoms with Crippen molar-refractivity contribution in [3.8, 4) is 5.75 Å². The molecule has 0 fully saturated rings. The van der Waals surface area contributed by atoms with Gasteiger partial charge in [-0.1, -0.05) is 0 Å². The van der Waals surface area contributed by atoms with E-state index in [4.69, 9.17) is 10.5 Å². The van der Waals surface area contributed by atoms with Gasteiger partial charge in [0.2, 0.25) is 0 Å². The van der Waals surface area contributed by atoms with Gasteiger partial charge in [0.15, 0.2) is 9.84 Å². The first-order valence-corrected chi connectivity index (χ1v) is 9.90. The third-order valence-corrected chi connectivity index (χ3v) is 5.31. The zero-order chi connectivity index (χ0) is 15.4. The number of sulfone groups is 2. The molecule has 2 N–H and O–H groups in total. The summed E-state index contributed by atoms with van der Waals surface area (Å²) in [7, 11) is -6.85. The van der Waals surface area contributed by atoms with Crippen molar-refractivity contribution in [2.75, 3.05) is 30.1 Å². The normalized spacial score (nSPS) is 12.3. The highest BCUT2D eigenvalue weighted by molar-refractivity contribution is 7.94. The van der Waals surface area contributed by atoms with Gasteiger partial charge < -0.3 is 10.5 Å². The number of hydrogen-bond acceptors (Lipinski definition) is 6. The van der Waals surface area contributed by atoms with Crippen LogP contribution in [0.25, 0.3) is 0 Å². The smallest absolute Gasteiger partial charge is 0.155 e. The Hall–Kier alpha value is -1.28. The summed E-state index contributed by atoms with van der Waals surface area (Å²) >= 11 is 0. The van der Waals surface area contributed by atoms with E-state index >= 15 is 0 Å². The highest BCUT2D eigenvalue weighted by Gasteiger charge is 2.18. The molecule has 0 aliphatic rings. The lowest BCUT2D eigenvalue weighted by Crippen LogP contribution is -2.18. The predicted octanol–water partition coefficient (Wildman–Crippen LogP) is 0.627. The van der Waals surface area contributed by atoms with Crippen molar-refractivity contribution in [1.82, 2.24) is 0 Å². The van der Waals surface area contributed by atoms with Crippen LogP contribution in [0.1, 0.15) is 12.5 Å². The fourth-order valence-corrected chi connectivity index (χ4v) is 4.67. The third-order valence-electron chi connectivity index (χ3n) is 2.52. The lowest BCUT2D eigenvalue weighted by Gasteiger charge is -2.11. The Bertz CT molecular complexity index is 665. The molecule has 0 aromatic heterocycles. The average Bonchev–Trinajstić information content (AvgIpc) is 2.29. The first-order chi connectivity index (χ1) is 9.13. The molecule has 0 saturated heterocycles. The summed E-state index contributed by atoms with van der Waals surface area (Å²) in [6.07, 6.45) is 1.01. The number of rotatable bonds is 7. The van der Waals surface area contributed by atoms with Crippen LogP contribution in [0, 0.1) is 0 Å². The molecule has 0 amide bonds. The van der Waals surface area contributed by atoms with Crippen molar-refractivity contribution in [2.45, 2.75) is 12.7 Å². The van der Waals surface area contributed by atoms with E-state index in [2.05, 4.69) is 0 Å². The van der Waals surface area contributed by atoms with Crippen LogP contribution in [0.5, 0.6) is 5.75 Å². The molecule has 114 valence electrons. The molecular weight excluding hydrogens is 302 g/mol. The van der Waals surface area contributed by atoms with Gasteiger partial charge in [0.1, 0.15) is 15.6 Å². The Balaban J connectivity index is 2.93. The molecular formula is C12H19NO5S2. The van der Waals surface area contributed by atoms with Crippen LogP contribution < -0.4 is 10.5 Å². The molecule has 0 bridgehead atoms. The average molecular weight is 321 g/mol. The summed E-state index contributed by atoms with van der Waals surface area (Å²) in [5.41, 5.74) is 6.52. The van der Waals surface area contributed by atoms with Gasteiger partial charge >= 0.3 is 0 Å².